The fourth-order valence-corrected chi connectivity index (χ4v) is 3.28. The number of hydrogen-bond donors (Lipinski definition) is 2. The van der Waals surface area contributed by atoms with Gasteiger partial charge in [0.05, 0.1) is 6.61 Å². The number of nitrogens with one attached hydrogen (secondary N) is 2. The molecule has 2 N–H and O–H groups in total. The van der Waals surface area contributed by atoms with Crippen LogP contribution in [0, 0.1) is 5.92 Å². The molecule has 1 saturated heterocycles. The summed E-state index contributed by atoms with van der Waals surface area (Å²) in [6, 6.07) is 0. The number of hydrogen-bond acceptors (Lipinski definition) is 6. The summed E-state index contributed by atoms with van der Waals surface area (Å²) in [6.45, 7) is 5.92. The van der Waals surface area contributed by atoms with Crippen LogP contribution in [0.4, 0.5) is 5.13 Å². The summed E-state index contributed by atoms with van der Waals surface area (Å²) in [5.41, 5.74) is 0.358. The number of anilines is 1. The maximum absolute atomic E-state index is 12.1. The Hall–Kier alpha value is -1.51. The minimum atomic E-state index is -0.188. The summed E-state index contributed by atoms with van der Waals surface area (Å²) in [5, 5.41) is 7.64. The van der Waals surface area contributed by atoms with Crippen LogP contribution in [0.3, 0.4) is 0 Å². The molecule has 0 unspecified atom stereocenters. The van der Waals surface area contributed by atoms with Gasteiger partial charge >= 0.3 is 0 Å². The molecule has 23 heavy (non-hydrogen) atoms. The minimum absolute atomic E-state index is 0.181. The second-order valence-corrected chi connectivity index (χ2v) is 6.57. The van der Waals surface area contributed by atoms with Gasteiger partial charge in [0.1, 0.15) is 5.69 Å². The Labute approximate surface area is 140 Å². The molecular weight excluding hydrogens is 316 g/mol. The number of carbonyl (C=O) groups excluding carboxylic acids is 2. The molecule has 0 aliphatic carbocycles. The first-order valence-corrected chi connectivity index (χ1v) is 8.69. The van der Waals surface area contributed by atoms with Gasteiger partial charge in [-0.1, -0.05) is 0 Å². The van der Waals surface area contributed by atoms with Crippen LogP contribution in [0.1, 0.15) is 30.3 Å². The van der Waals surface area contributed by atoms with Crippen molar-refractivity contribution in [3.8, 4) is 0 Å². The monoisotopic (exact) mass is 340 g/mol. The summed E-state index contributed by atoms with van der Waals surface area (Å²) >= 11 is 1.25. The van der Waals surface area contributed by atoms with Crippen molar-refractivity contribution in [3.63, 3.8) is 0 Å². The van der Waals surface area contributed by atoms with E-state index in [0.717, 1.165) is 39.1 Å². The largest absolute Gasteiger partial charge is 0.383 e. The predicted molar refractivity (Wildman–Crippen MR) is 89.8 cm³/mol. The average Bonchev–Trinajstić information content (AvgIpc) is 2.99. The van der Waals surface area contributed by atoms with Gasteiger partial charge in [0, 0.05) is 32.5 Å². The van der Waals surface area contributed by atoms with Crippen molar-refractivity contribution in [2.75, 3.05) is 45.2 Å². The second kappa shape index (κ2) is 8.95. The highest BCUT2D eigenvalue weighted by Gasteiger charge is 2.20. The zero-order valence-corrected chi connectivity index (χ0v) is 14.4. The van der Waals surface area contributed by atoms with Gasteiger partial charge in [-0.15, -0.1) is 11.3 Å². The third-order valence-corrected chi connectivity index (χ3v) is 4.65. The molecule has 128 valence electrons. The Balaban J connectivity index is 1.70. The van der Waals surface area contributed by atoms with E-state index < -0.39 is 0 Å². The van der Waals surface area contributed by atoms with E-state index in [0.29, 0.717) is 23.3 Å². The molecule has 7 nitrogen and oxygen atoms in total. The summed E-state index contributed by atoms with van der Waals surface area (Å²) < 4.78 is 5.09. The highest BCUT2D eigenvalue weighted by molar-refractivity contribution is 7.14. The number of carbonyl (C=O) groups is 2. The molecule has 1 aliphatic heterocycles. The number of aromatic nitrogens is 1. The number of piperidine rings is 1. The molecule has 1 aromatic rings. The van der Waals surface area contributed by atoms with Gasteiger partial charge in [-0.05, 0) is 31.8 Å². The van der Waals surface area contributed by atoms with E-state index in [1.165, 1.54) is 18.3 Å². The Morgan fingerprint density at radius 3 is 2.83 bits per heavy atom. The van der Waals surface area contributed by atoms with Gasteiger partial charge in [0.2, 0.25) is 5.91 Å². The summed E-state index contributed by atoms with van der Waals surface area (Å²) in [6.07, 6.45) is 2.16. The highest BCUT2D eigenvalue weighted by Crippen LogP contribution is 2.17. The smallest absolute Gasteiger partial charge is 0.270 e. The molecule has 0 atom stereocenters. The van der Waals surface area contributed by atoms with Crippen molar-refractivity contribution in [3.05, 3.63) is 11.1 Å². The first-order valence-electron chi connectivity index (χ1n) is 7.81. The van der Waals surface area contributed by atoms with Gasteiger partial charge in [-0.3, -0.25) is 9.59 Å². The second-order valence-electron chi connectivity index (χ2n) is 5.71. The first-order chi connectivity index (χ1) is 11.1. The molecule has 2 heterocycles. The van der Waals surface area contributed by atoms with Gasteiger partial charge in [-0.25, -0.2) is 4.98 Å². The highest BCUT2D eigenvalue weighted by atomic mass is 32.1. The Kier molecular flexibility index (Phi) is 6.94. The van der Waals surface area contributed by atoms with E-state index in [-0.39, 0.29) is 11.8 Å². The maximum Gasteiger partial charge on any atom is 0.270 e. The summed E-state index contributed by atoms with van der Waals surface area (Å²) in [4.78, 5) is 29.5. The van der Waals surface area contributed by atoms with Crippen molar-refractivity contribution in [1.82, 2.24) is 15.2 Å². The van der Waals surface area contributed by atoms with Crippen LogP contribution in [-0.2, 0) is 9.53 Å². The lowest BCUT2D eigenvalue weighted by Crippen LogP contribution is -2.39. The van der Waals surface area contributed by atoms with E-state index >= 15 is 0 Å². The normalized spacial score (nSPS) is 16.3. The lowest BCUT2D eigenvalue weighted by molar-refractivity contribution is -0.114. The first kappa shape index (κ1) is 17.8. The topological polar surface area (TPSA) is 83.6 Å². The Bertz CT molecular complexity index is 527. The van der Waals surface area contributed by atoms with Crippen LogP contribution in [0.2, 0.25) is 0 Å². The quantitative estimate of drug-likeness (QED) is 0.779. The number of nitrogens with zero attached hydrogens (tertiary/aromatic N) is 2. The number of rotatable bonds is 7. The number of amides is 2. The van der Waals surface area contributed by atoms with Crippen LogP contribution in [-0.4, -0.2) is 61.6 Å². The number of thiazole rings is 1. The summed E-state index contributed by atoms with van der Waals surface area (Å²) in [7, 11) is 1.72. The molecule has 0 radical (unpaired) electrons. The molecule has 0 bridgehead atoms. The zero-order valence-electron chi connectivity index (χ0n) is 13.6. The Morgan fingerprint density at radius 1 is 1.43 bits per heavy atom. The van der Waals surface area contributed by atoms with Crippen LogP contribution < -0.4 is 10.6 Å². The molecule has 8 heteroatoms. The van der Waals surface area contributed by atoms with Crippen LogP contribution >= 0.6 is 11.3 Å². The van der Waals surface area contributed by atoms with E-state index in [1.54, 1.807) is 12.5 Å². The van der Waals surface area contributed by atoms with E-state index in [1.807, 2.05) is 0 Å². The molecule has 2 amide bonds. The standard InChI is InChI=1S/C15H24N4O3S/c1-11(20)17-15-18-13(10-23-15)14(21)16-9-12-3-5-19(6-4-12)7-8-22-2/h10,12H,3-9H2,1-2H3,(H,16,21)(H,17,18,20). The molecule has 0 spiro atoms. The molecule has 1 aromatic heterocycles. The van der Waals surface area contributed by atoms with Crippen molar-refractivity contribution in [1.29, 1.82) is 0 Å². The number of likely N-dealkylation sites (tertiary alicyclic amines) is 1. The number of ether oxygens (including phenoxy) is 1. The minimum Gasteiger partial charge on any atom is -0.383 e. The fourth-order valence-electron chi connectivity index (χ4n) is 2.55. The molecule has 1 fully saturated rings. The third-order valence-electron chi connectivity index (χ3n) is 3.89. The van der Waals surface area contributed by atoms with Gasteiger partial charge in [-0.2, -0.15) is 0 Å². The van der Waals surface area contributed by atoms with Crippen molar-refractivity contribution in [2.45, 2.75) is 19.8 Å². The van der Waals surface area contributed by atoms with Crippen LogP contribution in [0.25, 0.3) is 0 Å². The van der Waals surface area contributed by atoms with Gasteiger partial charge in [0.15, 0.2) is 5.13 Å². The lowest BCUT2D eigenvalue weighted by Gasteiger charge is -2.31. The fraction of sp³-hybridized carbons (Fsp3) is 0.667. The maximum atomic E-state index is 12.1. The van der Waals surface area contributed by atoms with Crippen LogP contribution in [0.15, 0.2) is 5.38 Å². The number of methoxy groups -OCH3 is 1. The van der Waals surface area contributed by atoms with E-state index in [2.05, 4.69) is 20.5 Å². The van der Waals surface area contributed by atoms with Crippen molar-refractivity contribution < 1.29 is 14.3 Å². The Morgan fingerprint density at radius 2 is 2.17 bits per heavy atom. The SMILES string of the molecule is COCCN1CCC(CNC(=O)c2csc(NC(C)=O)n2)CC1. The van der Waals surface area contributed by atoms with E-state index in [4.69, 9.17) is 4.74 Å². The van der Waals surface area contributed by atoms with Crippen LogP contribution in [0.5, 0.6) is 0 Å². The zero-order chi connectivity index (χ0) is 16.7. The average molecular weight is 340 g/mol. The molecule has 0 aromatic carbocycles. The molecular formula is C15H24N4O3S. The predicted octanol–water partition coefficient (Wildman–Crippen LogP) is 1.19. The van der Waals surface area contributed by atoms with E-state index in [9.17, 15) is 9.59 Å². The van der Waals surface area contributed by atoms with Gasteiger partial charge < -0.3 is 20.3 Å². The van der Waals surface area contributed by atoms with Crippen molar-refractivity contribution in [2.24, 2.45) is 5.92 Å². The molecule has 1 aliphatic rings. The van der Waals surface area contributed by atoms with Gasteiger partial charge in [0.25, 0.3) is 5.91 Å². The lowest BCUT2D eigenvalue weighted by atomic mass is 9.97. The molecule has 2 rings (SSSR count). The third kappa shape index (κ3) is 5.89. The molecule has 0 saturated carbocycles. The summed E-state index contributed by atoms with van der Waals surface area (Å²) in [5.74, 6) is 0.136. The van der Waals surface area contributed by atoms with Crippen molar-refractivity contribution >= 4 is 28.3 Å².